The van der Waals surface area contributed by atoms with Gasteiger partial charge in [-0.1, -0.05) is 23.7 Å². The number of benzene rings is 2. The predicted molar refractivity (Wildman–Crippen MR) is 113 cm³/mol. The SMILES string of the molecule is CN1CCC2(c3cccc(O)c3)Cc3[nH]c4ccc(Cl)cc4c3CC2C1.Cl. The maximum absolute atomic E-state index is 10.1. The van der Waals surface area contributed by atoms with Gasteiger partial charge in [0.25, 0.3) is 0 Å². The number of phenols is 1. The lowest BCUT2D eigenvalue weighted by atomic mass is 9.59. The highest BCUT2D eigenvalue weighted by Gasteiger charge is 2.47. The summed E-state index contributed by atoms with van der Waals surface area (Å²) in [5.41, 5.74) is 5.31. The first-order valence-electron chi connectivity index (χ1n) is 9.32. The number of rotatable bonds is 1. The van der Waals surface area contributed by atoms with Crippen molar-refractivity contribution in [2.45, 2.75) is 24.7 Å². The molecule has 3 nitrogen and oxygen atoms in total. The van der Waals surface area contributed by atoms with Crippen LogP contribution in [0.5, 0.6) is 5.75 Å². The zero-order valence-electron chi connectivity index (χ0n) is 15.3. The number of aromatic amines is 1. The third-order valence-electron chi connectivity index (χ3n) is 6.57. The van der Waals surface area contributed by atoms with Crippen LogP contribution in [0.2, 0.25) is 5.02 Å². The minimum atomic E-state index is 0. The number of nitrogens with zero attached hydrogens (tertiary/aromatic N) is 1. The second kappa shape index (κ2) is 6.73. The van der Waals surface area contributed by atoms with Gasteiger partial charge in [-0.25, -0.2) is 0 Å². The van der Waals surface area contributed by atoms with Crippen LogP contribution < -0.4 is 0 Å². The molecule has 5 heteroatoms. The van der Waals surface area contributed by atoms with Gasteiger partial charge in [-0.05, 0) is 80.2 Å². The number of nitrogens with one attached hydrogen (secondary N) is 1. The molecule has 1 aliphatic heterocycles. The van der Waals surface area contributed by atoms with E-state index in [0.717, 1.165) is 37.4 Å². The van der Waals surface area contributed by atoms with Crippen LogP contribution in [0.1, 0.15) is 23.2 Å². The van der Waals surface area contributed by atoms with E-state index in [-0.39, 0.29) is 17.8 Å². The van der Waals surface area contributed by atoms with Crippen LogP contribution in [0, 0.1) is 5.92 Å². The van der Waals surface area contributed by atoms with Gasteiger partial charge in [0, 0.05) is 33.6 Å². The van der Waals surface area contributed by atoms with Crippen LogP contribution >= 0.6 is 24.0 Å². The van der Waals surface area contributed by atoms with Crippen molar-refractivity contribution in [3.63, 3.8) is 0 Å². The number of piperidine rings is 1. The lowest BCUT2D eigenvalue weighted by Crippen LogP contribution is -2.52. The van der Waals surface area contributed by atoms with Crippen LogP contribution in [-0.4, -0.2) is 35.1 Å². The normalized spacial score (nSPS) is 24.9. The Kier molecular flexibility index (Phi) is 4.66. The molecule has 2 unspecified atom stereocenters. The number of likely N-dealkylation sites (tertiary alicyclic amines) is 1. The summed E-state index contributed by atoms with van der Waals surface area (Å²) in [5, 5.41) is 12.2. The molecule has 0 radical (unpaired) electrons. The van der Waals surface area contributed by atoms with Crippen molar-refractivity contribution in [1.29, 1.82) is 0 Å². The lowest BCUT2D eigenvalue weighted by molar-refractivity contribution is 0.0994. The Balaban J connectivity index is 0.00000180. The molecular weight excluding hydrogens is 379 g/mol. The van der Waals surface area contributed by atoms with E-state index in [1.165, 1.54) is 27.7 Å². The molecule has 1 aromatic heterocycles. The summed E-state index contributed by atoms with van der Waals surface area (Å²) in [6, 6.07) is 14.1. The molecule has 0 amide bonds. The molecule has 1 fully saturated rings. The molecule has 27 heavy (non-hydrogen) atoms. The number of aromatic hydroxyl groups is 1. The number of hydrogen-bond donors (Lipinski definition) is 2. The fraction of sp³-hybridized carbons (Fsp3) is 0.364. The number of halogens is 2. The predicted octanol–water partition coefficient (Wildman–Crippen LogP) is 4.94. The summed E-state index contributed by atoms with van der Waals surface area (Å²) >= 11 is 6.27. The third-order valence-corrected chi connectivity index (χ3v) is 6.81. The van der Waals surface area contributed by atoms with E-state index in [1.807, 2.05) is 18.2 Å². The van der Waals surface area contributed by atoms with E-state index >= 15 is 0 Å². The molecule has 5 rings (SSSR count). The van der Waals surface area contributed by atoms with Crippen LogP contribution in [0.15, 0.2) is 42.5 Å². The number of fused-ring (bicyclic) bond motifs is 4. The molecule has 142 valence electrons. The highest BCUT2D eigenvalue weighted by Crippen LogP contribution is 2.49. The monoisotopic (exact) mass is 402 g/mol. The van der Waals surface area contributed by atoms with Crippen molar-refractivity contribution in [2.24, 2.45) is 5.92 Å². The smallest absolute Gasteiger partial charge is 0.115 e. The van der Waals surface area contributed by atoms with Crippen LogP contribution in [-0.2, 0) is 18.3 Å². The Labute approximate surface area is 170 Å². The summed E-state index contributed by atoms with van der Waals surface area (Å²) in [5.74, 6) is 0.900. The Bertz CT molecular complexity index is 999. The highest BCUT2D eigenvalue weighted by molar-refractivity contribution is 6.31. The maximum atomic E-state index is 10.1. The van der Waals surface area contributed by atoms with Crippen LogP contribution in [0.25, 0.3) is 10.9 Å². The van der Waals surface area contributed by atoms with Crippen LogP contribution in [0.3, 0.4) is 0 Å². The second-order valence-corrected chi connectivity index (χ2v) is 8.50. The first-order chi connectivity index (χ1) is 12.5. The Hall–Kier alpha value is -1.68. The van der Waals surface area contributed by atoms with Gasteiger partial charge in [0.1, 0.15) is 5.75 Å². The van der Waals surface area contributed by atoms with Crippen molar-refractivity contribution < 1.29 is 5.11 Å². The molecule has 0 saturated carbocycles. The molecular formula is C22H24Cl2N2O. The number of H-pyrrole nitrogens is 1. The lowest BCUT2D eigenvalue weighted by Gasteiger charge is -2.50. The summed E-state index contributed by atoms with van der Waals surface area (Å²) in [4.78, 5) is 6.10. The largest absolute Gasteiger partial charge is 0.508 e. The molecule has 1 aliphatic carbocycles. The minimum absolute atomic E-state index is 0. The average molecular weight is 403 g/mol. The standard InChI is InChI=1S/C22H23ClN2O.ClH/c1-25-8-7-22(14-3-2-4-17(26)9-14)12-21-18(10-15(22)13-25)19-11-16(23)5-6-20(19)24-21;/h2-6,9,11,15,24,26H,7-8,10,12-13H2,1H3;1H. The van der Waals surface area contributed by atoms with Crippen molar-refractivity contribution in [3.05, 3.63) is 64.3 Å². The molecule has 2 heterocycles. The Morgan fingerprint density at radius 2 is 2.07 bits per heavy atom. The molecule has 2 aromatic carbocycles. The molecule has 2 N–H and O–H groups in total. The van der Waals surface area contributed by atoms with Gasteiger partial charge in [0.15, 0.2) is 0 Å². The Morgan fingerprint density at radius 1 is 1.22 bits per heavy atom. The van der Waals surface area contributed by atoms with Gasteiger partial charge in [0.05, 0.1) is 0 Å². The van der Waals surface area contributed by atoms with E-state index in [9.17, 15) is 5.11 Å². The summed E-state index contributed by atoms with van der Waals surface area (Å²) in [6.07, 6.45) is 3.17. The average Bonchev–Trinajstić information content (AvgIpc) is 2.96. The number of hydrogen-bond acceptors (Lipinski definition) is 2. The van der Waals surface area contributed by atoms with Crippen molar-refractivity contribution in [2.75, 3.05) is 20.1 Å². The molecule has 0 spiro atoms. The molecule has 0 bridgehead atoms. The van der Waals surface area contributed by atoms with Crippen molar-refractivity contribution in [1.82, 2.24) is 9.88 Å². The molecule has 2 atom stereocenters. The number of aromatic nitrogens is 1. The summed E-state index contributed by atoms with van der Waals surface area (Å²) in [6.45, 7) is 2.18. The van der Waals surface area contributed by atoms with Gasteiger partial charge in [-0.3, -0.25) is 0 Å². The van der Waals surface area contributed by atoms with Gasteiger partial charge >= 0.3 is 0 Å². The zero-order chi connectivity index (χ0) is 17.9. The van der Waals surface area contributed by atoms with Gasteiger partial charge in [0.2, 0.25) is 0 Å². The van der Waals surface area contributed by atoms with E-state index in [1.54, 1.807) is 6.07 Å². The van der Waals surface area contributed by atoms with E-state index in [0.29, 0.717) is 11.7 Å². The second-order valence-electron chi connectivity index (χ2n) is 8.07. The molecule has 2 aliphatic rings. The van der Waals surface area contributed by atoms with E-state index in [2.05, 4.69) is 35.1 Å². The first-order valence-corrected chi connectivity index (χ1v) is 9.70. The summed E-state index contributed by atoms with van der Waals surface area (Å²) in [7, 11) is 2.22. The maximum Gasteiger partial charge on any atom is 0.115 e. The quantitative estimate of drug-likeness (QED) is 0.604. The van der Waals surface area contributed by atoms with Gasteiger partial charge in [-0.15, -0.1) is 12.4 Å². The topological polar surface area (TPSA) is 39.3 Å². The molecule has 1 saturated heterocycles. The first kappa shape index (κ1) is 18.7. The van der Waals surface area contributed by atoms with Crippen LogP contribution in [0.4, 0.5) is 0 Å². The van der Waals surface area contributed by atoms with E-state index < -0.39 is 0 Å². The highest BCUT2D eigenvalue weighted by atomic mass is 35.5. The van der Waals surface area contributed by atoms with Gasteiger partial charge < -0.3 is 15.0 Å². The third kappa shape index (κ3) is 2.93. The fourth-order valence-electron chi connectivity index (χ4n) is 5.25. The zero-order valence-corrected chi connectivity index (χ0v) is 16.9. The van der Waals surface area contributed by atoms with E-state index in [4.69, 9.17) is 11.6 Å². The van der Waals surface area contributed by atoms with Gasteiger partial charge in [-0.2, -0.15) is 0 Å². The summed E-state index contributed by atoms with van der Waals surface area (Å²) < 4.78 is 0. The number of phenolic OH excluding ortho intramolecular Hbond substituents is 1. The Morgan fingerprint density at radius 3 is 2.89 bits per heavy atom. The fourth-order valence-corrected chi connectivity index (χ4v) is 5.42. The van der Waals surface area contributed by atoms with Crippen molar-refractivity contribution in [3.8, 4) is 5.75 Å². The molecule has 3 aromatic rings. The van der Waals surface area contributed by atoms with Crippen molar-refractivity contribution >= 4 is 34.9 Å². The minimum Gasteiger partial charge on any atom is -0.508 e.